The summed E-state index contributed by atoms with van der Waals surface area (Å²) >= 11 is 0. The summed E-state index contributed by atoms with van der Waals surface area (Å²) in [6, 6.07) is 10.1. The van der Waals surface area contributed by atoms with Crippen molar-refractivity contribution in [3.05, 3.63) is 42.4 Å². The standard InChI is InChI=1S/C11H13N3/c12-7-6-11-13-8-10(14-11)9-4-2-1-3-5-9/h1-5,8H,6-7,12H2,(H,13,14). The maximum absolute atomic E-state index is 5.45. The molecule has 1 aromatic heterocycles. The van der Waals surface area contributed by atoms with Crippen LogP contribution in [0.25, 0.3) is 11.3 Å². The van der Waals surface area contributed by atoms with E-state index in [-0.39, 0.29) is 0 Å². The molecule has 0 amide bonds. The van der Waals surface area contributed by atoms with Crippen molar-refractivity contribution < 1.29 is 0 Å². The summed E-state index contributed by atoms with van der Waals surface area (Å²) in [7, 11) is 0. The van der Waals surface area contributed by atoms with E-state index in [4.69, 9.17) is 5.73 Å². The van der Waals surface area contributed by atoms with E-state index in [0.29, 0.717) is 6.54 Å². The highest BCUT2D eigenvalue weighted by atomic mass is 14.9. The first kappa shape index (κ1) is 8.97. The third-order valence-electron chi connectivity index (χ3n) is 2.09. The molecule has 0 saturated heterocycles. The van der Waals surface area contributed by atoms with Gasteiger partial charge in [-0.15, -0.1) is 0 Å². The van der Waals surface area contributed by atoms with Crippen LogP contribution in [-0.2, 0) is 6.42 Å². The van der Waals surface area contributed by atoms with Gasteiger partial charge in [0, 0.05) is 6.42 Å². The maximum Gasteiger partial charge on any atom is 0.107 e. The molecule has 0 bridgehead atoms. The Morgan fingerprint density at radius 2 is 2.00 bits per heavy atom. The molecule has 2 aromatic rings. The van der Waals surface area contributed by atoms with Crippen molar-refractivity contribution in [2.24, 2.45) is 5.73 Å². The van der Waals surface area contributed by atoms with Crippen molar-refractivity contribution >= 4 is 0 Å². The Hall–Kier alpha value is -1.61. The van der Waals surface area contributed by atoms with Gasteiger partial charge in [0.25, 0.3) is 0 Å². The van der Waals surface area contributed by atoms with Gasteiger partial charge in [-0.05, 0) is 12.1 Å². The number of nitrogens with one attached hydrogen (secondary N) is 1. The lowest BCUT2D eigenvalue weighted by Gasteiger charge is -1.95. The number of H-pyrrole nitrogens is 1. The summed E-state index contributed by atoms with van der Waals surface area (Å²) < 4.78 is 0. The van der Waals surface area contributed by atoms with E-state index in [1.807, 2.05) is 24.4 Å². The molecule has 0 fully saturated rings. The third-order valence-corrected chi connectivity index (χ3v) is 2.09. The summed E-state index contributed by atoms with van der Waals surface area (Å²) in [6.45, 7) is 0.627. The zero-order valence-corrected chi connectivity index (χ0v) is 7.90. The van der Waals surface area contributed by atoms with E-state index in [0.717, 1.165) is 23.5 Å². The van der Waals surface area contributed by atoms with Crippen LogP contribution in [0.15, 0.2) is 36.5 Å². The van der Waals surface area contributed by atoms with Crippen LogP contribution in [0.5, 0.6) is 0 Å². The van der Waals surface area contributed by atoms with Crippen LogP contribution >= 0.6 is 0 Å². The summed E-state index contributed by atoms with van der Waals surface area (Å²) in [5, 5.41) is 0. The number of nitrogens with zero attached hydrogens (tertiary/aromatic N) is 1. The average molecular weight is 187 g/mol. The van der Waals surface area contributed by atoms with Gasteiger partial charge < -0.3 is 10.7 Å². The first-order valence-electron chi connectivity index (χ1n) is 4.69. The van der Waals surface area contributed by atoms with Crippen LogP contribution < -0.4 is 5.73 Å². The first-order chi connectivity index (χ1) is 6.90. The Bertz CT molecular complexity index is 392. The van der Waals surface area contributed by atoms with Gasteiger partial charge in [-0.25, -0.2) is 4.98 Å². The Kier molecular flexibility index (Phi) is 2.60. The summed E-state index contributed by atoms with van der Waals surface area (Å²) in [5.74, 6) is 0.950. The molecule has 3 nitrogen and oxygen atoms in total. The van der Waals surface area contributed by atoms with Crippen LogP contribution in [0, 0.1) is 0 Å². The van der Waals surface area contributed by atoms with Crippen LogP contribution in [0.2, 0.25) is 0 Å². The molecule has 0 radical (unpaired) electrons. The molecule has 2 rings (SSSR count). The summed E-state index contributed by atoms with van der Waals surface area (Å²) in [5.41, 5.74) is 7.65. The number of imidazole rings is 1. The molecule has 0 aliphatic rings. The molecular weight excluding hydrogens is 174 g/mol. The lowest BCUT2D eigenvalue weighted by molar-refractivity contribution is 0.895. The van der Waals surface area contributed by atoms with Crippen molar-refractivity contribution in [2.45, 2.75) is 6.42 Å². The molecule has 72 valence electrons. The third kappa shape index (κ3) is 1.83. The number of rotatable bonds is 3. The van der Waals surface area contributed by atoms with E-state index in [9.17, 15) is 0 Å². The van der Waals surface area contributed by atoms with Crippen LogP contribution in [-0.4, -0.2) is 16.5 Å². The lowest BCUT2D eigenvalue weighted by Crippen LogP contribution is -2.03. The number of aromatic nitrogens is 2. The van der Waals surface area contributed by atoms with E-state index < -0.39 is 0 Å². The van der Waals surface area contributed by atoms with Crippen LogP contribution in [0.3, 0.4) is 0 Å². The minimum Gasteiger partial charge on any atom is -0.342 e. The molecule has 0 aliphatic carbocycles. The zero-order valence-electron chi connectivity index (χ0n) is 7.90. The number of hydrogen-bond acceptors (Lipinski definition) is 2. The normalized spacial score (nSPS) is 10.4. The quantitative estimate of drug-likeness (QED) is 0.766. The molecule has 0 atom stereocenters. The fraction of sp³-hybridized carbons (Fsp3) is 0.182. The molecule has 3 heteroatoms. The first-order valence-corrected chi connectivity index (χ1v) is 4.69. The Morgan fingerprint density at radius 1 is 1.21 bits per heavy atom. The summed E-state index contributed by atoms with van der Waals surface area (Å²) in [6.07, 6.45) is 2.65. The van der Waals surface area contributed by atoms with Gasteiger partial charge in [-0.3, -0.25) is 0 Å². The number of hydrogen-bond donors (Lipinski definition) is 2. The second-order valence-corrected chi connectivity index (χ2v) is 3.15. The van der Waals surface area contributed by atoms with Crippen molar-refractivity contribution in [1.29, 1.82) is 0 Å². The van der Waals surface area contributed by atoms with Crippen molar-refractivity contribution in [1.82, 2.24) is 9.97 Å². The van der Waals surface area contributed by atoms with Gasteiger partial charge in [0.15, 0.2) is 0 Å². The zero-order chi connectivity index (χ0) is 9.80. The second kappa shape index (κ2) is 4.07. The maximum atomic E-state index is 5.45. The Balaban J connectivity index is 2.25. The highest BCUT2D eigenvalue weighted by Gasteiger charge is 2.00. The molecule has 0 saturated carbocycles. The molecule has 0 unspecified atom stereocenters. The molecular formula is C11H13N3. The van der Waals surface area contributed by atoms with Crippen molar-refractivity contribution in [3.8, 4) is 11.3 Å². The highest BCUT2D eigenvalue weighted by Crippen LogP contribution is 2.15. The molecule has 0 aliphatic heterocycles. The molecule has 1 heterocycles. The molecule has 0 spiro atoms. The molecule has 3 N–H and O–H groups in total. The SMILES string of the molecule is NCCc1ncc(-c2ccccc2)[nH]1. The van der Waals surface area contributed by atoms with E-state index >= 15 is 0 Å². The van der Waals surface area contributed by atoms with Gasteiger partial charge in [-0.2, -0.15) is 0 Å². The smallest absolute Gasteiger partial charge is 0.107 e. The highest BCUT2D eigenvalue weighted by molar-refractivity contribution is 5.57. The molecule has 1 aromatic carbocycles. The van der Waals surface area contributed by atoms with E-state index in [2.05, 4.69) is 22.1 Å². The predicted octanol–water partition coefficient (Wildman–Crippen LogP) is 1.58. The van der Waals surface area contributed by atoms with E-state index in [1.165, 1.54) is 0 Å². The average Bonchev–Trinajstić information content (AvgIpc) is 2.68. The topological polar surface area (TPSA) is 54.7 Å². The van der Waals surface area contributed by atoms with Crippen LogP contribution in [0.1, 0.15) is 5.82 Å². The van der Waals surface area contributed by atoms with Gasteiger partial charge in [0.05, 0.1) is 11.9 Å². The predicted molar refractivity (Wildman–Crippen MR) is 56.8 cm³/mol. The van der Waals surface area contributed by atoms with Gasteiger partial charge in [0.1, 0.15) is 5.82 Å². The van der Waals surface area contributed by atoms with E-state index in [1.54, 1.807) is 0 Å². The fourth-order valence-electron chi connectivity index (χ4n) is 1.39. The number of benzene rings is 1. The molecule has 14 heavy (non-hydrogen) atoms. The Labute approximate surface area is 83.0 Å². The number of nitrogens with two attached hydrogens (primary N) is 1. The Morgan fingerprint density at radius 3 is 2.71 bits per heavy atom. The minimum absolute atomic E-state index is 0.627. The van der Waals surface area contributed by atoms with Crippen molar-refractivity contribution in [2.75, 3.05) is 6.54 Å². The minimum atomic E-state index is 0.627. The van der Waals surface area contributed by atoms with Gasteiger partial charge in [0.2, 0.25) is 0 Å². The van der Waals surface area contributed by atoms with Crippen molar-refractivity contribution in [3.63, 3.8) is 0 Å². The van der Waals surface area contributed by atoms with Gasteiger partial charge >= 0.3 is 0 Å². The summed E-state index contributed by atoms with van der Waals surface area (Å²) in [4.78, 5) is 7.49. The second-order valence-electron chi connectivity index (χ2n) is 3.15. The van der Waals surface area contributed by atoms with Crippen LogP contribution in [0.4, 0.5) is 0 Å². The lowest BCUT2D eigenvalue weighted by atomic mass is 10.2. The fourth-order valence-corrected chi connectivity index (χ4v) is 1.39. The van der Waals surface area contributed by atoms with Gasteiger partial charge in [-0.1, -0.05) is 30.3 Å². The number of aromatic amines is 1. The monoisotopic (exact) mass is 187 g/mol. The largest absolute Gasteiger partial charge is 0.342 e.